The van der Waals surface area contributed by atoms with Gasteiger partial charge in [0.25, 0.3) is 0 Å². The van der Waals surface area contributed by atoms with E-state index < -0.39 is 0 Å². The molecule has 2 heteroatoms. The van der Waals surface area contributed by atoms with Crippen molar-refractivity contribution in [3.63, 3.8) is 0 Å². The van der Waals surface area contributed by atoms with Crippen LogP contribution in [0.15, 0.2) is 12.3 Å². The van der Waals surface area contributed by atoms with E-state index in [0.29, 0.717) is 12.2 Å². The molecule has 86 valence electrons. The largest absolute Gasteiger partial charge is 0.492 e. The van der Waals surface area contributed by atoms with Crippen LogP contribution in [0.5, 0.6) is 0 Å². The summed E-state index contributed by atoms with van der Waals surface area (Å²) in [5.74, 6) is 0.754. The maximum absolute atomic E-state index is 10.9. The molecule has 0 atom stereocenters. The molecule has 0 heterocycles. The van der Waals surface area contributed by atoms with Gasteiger partial charge in [0.2, 0.25) is 0 Å². The van der Waals surface area contributed by atoms with E-state index >= 15 is 0 Å². The number of hydrogen-bond donors (Lipinski definition) is 0. The minimum absolute atomic E-state index is 0.0803. The van der Waals surface area contributed by atoms with Crippen molar-refractivity contribution in [2.75, 3.05) is 0 Å². The Morgan fingerprint density at radius 2 is 1.80 bits per heavy atom. The summed E-state index contributed by atoms with van der Waals surface area (Å²) in [6, 6.07) is 0. The summed E-state index contributed by atoms with van der Waals surface area (Å²) in [5, 5.41) is 0. The first-order valence-corrected chi connectivity index (χ1v) is 5.88. The summed E-state index contributed by atoms with van der Waals surface area (Å²) >= 11 is 0. The average Bonchev–Trinajstić information content (AvgIpc) is 2.27. The van der Waals surface area contributed by atoms with Gasteiger partial charge in [-0.25, -0.2) is 0 Å². The van der Waals surface area contributed by atoms with Crippen LogP contribution in [0.2, 0.25) is 0 Å². The highest BCUT2D eigenvalue weighted by molar-refractivity contribution is 5.77. The third-order valence-electron chi connectivity index (χ3n) is 3.00. The van der Waals surface area contributed by atoms with Crippen molar-refractivity contribution in [2.45, 2.75) is 64.4 Å². The van der Waals surface area contributed by atoms with Crippen LogP contribution in [0.3, 0.4) is 0 Å². The third-order valence-corrected chi connectivity index (χ3v) is 3.00. The first-order valence-electron chi connectivity index (χ1n) is 5.88. The van der Waals surface area contributed by atoms with Gasteiger partial charge in [0.05, 0.1) is 12.2 Å². The van der Waals surface area contributed by atoms with Gasteiger partial charge in [0.15, 0.2) is 0 Å². The van der Waals surface area contributed by atoms with Crippen molar-refractivity contribution in [3.8, 4) is 0 Å². The van der Waals surface area contributed by atoms with Crippen molar-refractivity contribution in [3.05, 3.63) is 12.3 Å². The fraction of sp³-hybridized carbons (Fsp3) is 0.769. The summed E-state index contributed by atoms with van der Waals surface area (Å²) in [6.07, 6.45) is 7.59. The normalized spacial score (nSPS) is 20.4. The predicted octanol–water partition coefficient (Wildman–Crippen LogP) is 3.61. The van der Waals surface area contributed by atoms with Crippen molar-refractivity contribution in [1.29, 1.82) is 0 Å². The maximum Gasteiger partial charge on any atom is 0.137 e. The Kier molecular flexibility index (Phi) is 4.37. The molecule has 0 saturated heterocycles. The average molecular weight is 210 g/mol. The molecular weight excluding hydrogens is 188 g/mol. The Balaban J connectivity index is 2.46. The molecule has 0 spiro atoms. The van der Waals surface area contributed by atoms with Gasteiger partial charge in [0, 0.05) is 0 Å². The minimum Gasteiger partial charge on any atom is -0.492 e. The monoisotopic (exact) mass is 210 g/mol. The zero-order chi connectivity index (χ0) is 11.3. The number of ether oxygens (including phenoxy) is 1. The smallest absolute Gasteiger partial charge is 0.137 e. The van der Waals surface area contributed by atoms with Gasteiger partial charge < -0.3 is 4.74 Å². The Labute approximate surface area is 92.7 Å². The van der Waals surface area contributed by atoms with Crippen molar-refractivity contribution < 1.29 is 9.53 Å². The summed E-state index contributed by atoms with van der Waals surface area (Å²) in [7, 11) is 0. The second-order valence-corrected chi connectivity index (χ2v) is 4.88. The van der Waals surface area contributed by atoms with Gasteiger partial charge >= 0.3 is 0 Å². The van der Waals surface area contributed by atoms with E-state index in [1.54, 1.807) is 6.92 Å². The van der Waals surface area contributed by atoms with Gasteiger partial charge in [-0.1, -0.05) is 19.4 Å². The van der Waals surface area contributed by atoms with Gasteiger partial charge in [0.1, 0.15) is 11.4 Å². The van der Waals surface area contributed by atoms with E-state index in [1.165, 1.54) is 25.7 Å². The van der Waals surface area contributed by atoms with E-state index in [2.05, 4.69) is 13.5 Å². The van der Waals surface area contributed by atoms with E-state index in [-0.39, 0.29) is 11.4 Å². The Hall–Kier alpha value is -0.790. The predicted molar refractivity (Wildman–Crippen MR) is 61.6 cm³/mol. The van der Waals surface area contributed by atoms with Crippen LogP contribution >= 0.6 is 0 Å². The molecule has 0 bridgehead atoms. The summed E-state index contributed by atoms with van der Waals surface area (Å²) in [5.41, 5.74) is -0.0803. The molecule has 1 aliphatic rings. The lowest BCUT2D eigenvalue weighted by Crippen LogP contribution is -2.27. The molecule has 15 heavy (non-hydrogen) atoms. The zero-order valence-electron chi connectivity index (χ0n) is 9.97. The minimum atomic E-state index is -0.0803. The lowest BCUT2D eigenvalue weighted by Gasteiger charge is -2.30. The zero-order valence-corrected chi connectivity index (χ0v) is 9.97. The highest BCUT2D eigenvalue weighted by atomic mass is 16.5. The molecule has 0 unspecified atom stereocenters. The topological polar surface area (TPSA) is 26.3 Å². The lowest BCUT2D eigenvalue weighted by molar-refractivity contribution is -0.117. The number of ketones is 1. The molecule has 0 aromatic rings. The fourth-order valence-electron chi connectivity index (χ4n) is 2.24. The van der Waals surface area contributed by atoms with Crippen molar-refractivity contribution in [1.82, 2.24) is 0 Å². The fourth-order valence-corrected chi connectivity index (χ4v) is 2.24. The van der Waals surface area contributed by atoms with E-state index in [1.807, 2.05) is 0 Å². The number of Topliss-reactive ketones (excluding diaryl/α,β-unsaturated/α-hetero) is 1. The first kappa shape index (κ1) is 12.3. The van der Waals surface area contributed by atoms with E-state index in [4.69, 9.17) is 4.74 Å². The SMILES string of the molecule is C=C(CC(C)=O)OC1(C)CCCCCC1. The third kappa shape index (κ3) is 4.50. The molecule has 0 radical (unpaired) electrons. The maximum atomic E-state index is 10.9. The quantitative estimate of drug-likeness (QED) is 0.523. The molecule has 2 nitrogen and oxygen atoms in total. The molecule has 0 aromatic heterocycles. The van der Waals surface area contributed by atoms with Crippen LogP contribution in [-0.2, 0) is 9.53 Å². The highest BCUT2D eigenvalue weighted by Gasteiger charge is 2.27. The highest BCUT2D eigenvalue weighted by Crippen LogP contribution is 2.32. The van der Waals surface area contributed by atoms with Crippen molar-refractivity contribution in [2.24, 2.45) is 0 Å². The Bertz CT molecular complexity index is 235. The first-order chi connectivity index (χ1) is 7.02. The van der Waals surface area contributed by atoms with E-state index in [0.717, 1.165) is 12.8 Å². The number of carbonyl (C=O) groups excluding carboxylic acids is 1. The number of rotatable bonds is 4. The standard InChI is InChI=1S/C13H22O2/c1-11(14)10-12(2)15-13(3)8-6-4-5-7-9-13/h2,4-10H2,1,3H3. The molecule has 0 N–H and O–H groups in total. The summed E-state index contributed by atoms with van der Waals surface area (Å²) < 4.78 is 5.85. The molecule has 1 aliphatic carbocycles. The van der Waals surface area contributed by atoms with Crippen LogP contribution in [0.4, 0.5) is 0 Å². The molecular formula is C13H22O2. The second-order valence-electron chi connectivity index (χ2n) is 4.88. The molecule has 1 fully saturated rings. The lowest BCUT2D eigenvalue weighted by atomic mass is 9.96. The molecule has 0 amide bonds. The van der Waals surface area contributed by atoms with Crippen LogP contribution in [0.1, 0.15) is 58.8 Å². The number of carbonyl (C=O) groups is 1. The van der Waals surface area contributed by atoms with Crippen LogP contribution in [-0.4, -0.2) is 11.4 Å². The Morgan fingerprint density at radius 1 is 1.27 bits per heavy atom. The molecule has 0 aliphatic heterocycles. The van der Waals surface area contributed by atoms with Gasteiger partial charge in [-0.2, -0.15) is 0 Å². The number of allylic oxidation sites excluding steroid dienone is 1. The summed E-state index contributed by atoms with van der Waals surface area (Å²) in [6.45, 7) is 7.54. The van der Waals surface area contributed by atoms with Crippen LogP contribution in [0, 0.1) is 0 Å². The van der Waals surface area contributed by atoms with Crippen molar-refractivity contribution >= 4 is 5.78 Å². The van der Waals surface area contributed by atoms with Gasteiger partial charge in [-0.3, -0.25) is 4.79 Å². The Morgan fingerprint density at radius 3 is 2.27 bits per heavy atom. The van der Waals surface area contributed by atoms with Crippen LogP contribution < -0.4 is 0 Å². The molecule has 1 saturated carbocycles. The molecule has 0 aromatic carbocycles. The summed E-state index contributed by atoms with van der Waals surface area (Å²) in [4.78, 5) is 10.9. The van der Waals surface area contributed by atoms with Crippen LogP contribution in [0.25, 0.3) is 0 Å². The molecule has 1 rings (SSSR count). The number of hydrogen-bond acceptors (Lipinski definition) is 2. The van der Waals surface area contributed by atoms with E-state index in [9.17, 15) is 4.79 Å². The van der Waals surface area contributed by atoms with Gasteiger partial charge in [-0.15, -0.1) is 0 Å². The second kappa shape index (κ2) is 5.34. The van der Waals surface area contributed by atoms with Gasteiger partial charge in [-0.05, 0) is 39.5 Å².